The van der Waals surface area contributed by atoms with Gasteiger partial charge in [0.2, 0.25) is 0 Å². The quantitative estimate of drug-likeness (QED) is 0.196. The lowest BCUT2D eigenvalue weighted by molar-refractivity contribution is -0.145. The lowest BCUT2D eigenvalue weighted by Crippen LogP contribution is -2.58. The van der Waals surface area contributed by atoms with Gasteiger partial charge in [0.1, 0.15) is 0 Å². The third-order valence-corrected chi connectivity index (χ3v) is 27.0. The van der Waals surface area contributed by atoms with Crippen molar-refractivity contribution < 1.29 is 9.53 Å². The van der Waals surface area contributed by atoms with Crippen LogP contribution in [0.2, 0.25) is 0 Å². The van der Waals surface area contributed by atoms with E-state index in [1.165, 1.54) is 31.2 Å². The minimum Gasteiger partial charge on any atom is -0.465 e. The molecule has 0 amide bonds. The third kappa shape index (κ3) is 2.96. The molecule has 1 spiro atoms. The number of carbonyl (C=O) groups excluding carboxylic acids is 1. The largest absolute Gasteiger partial charge is 0.465 e. The van der Waals surface area contributed by atoms with Crippen molar-refractivity contribution in [3.63, 3.8) is 0 Å². The first-order valence-corrected chi connectivity index (χ1v) is 26.8. The molecule has 1 aromatic carbocycles. The molecule has 14 saturated carbocycles. The normalized spacial score (nSPS) is 64.2. The number of benzene rings is 1. The van der Waals surface area contributed by atoms with Gasteiger partial charge in [-0.2, -0.15) is 11.3 Å². The molecular formula is C56H60O2S. The molecule has 1 aromatic heterocycles. The second-order valence-corrected chi connectivity index (χ2v) is 26.6. The zero-order chi connectivity index (χ0) is 37.3. The van der Waals surface area contributed by atoms with Crippen LogP contribution in [0.1, 0.15) is 75.3 Å². The Balaban J connectivity index is 0.814. The number of thiophene rings is 1. The Hall–Kier alpha value is -2.13. The molecule has 29 unspecified atom stereocenters. The molecule has 17 aliphatic rings. The zero-order valence-corrected chi connectivity index (χ0v) is 35.3. The molecule has 2 nitrogen and oxygen atoms in total. The molecule has 0 saturated heterocycles. The molecule has 0 bridgehead atoms. The molecule has 302 valence electrons. The summed E-state index contributed by atoms with van der Waals surface area (Å²) in [6, 6.07) is 14.5. The fourth-order valence-electron chi connectivity index (χ4n) is 27.4. The Labute approximate surface area is 354 Å². The fourth-order valence-corrected chi connectivity index (χ4v) is 28.2. The Morgan fingerprint density at radius 1 is 0.695 bits per heavy atom. The molecule has 0 radical (unpaired) electrons. The van der Waals surface area contributed by atoms with Gasteiger partial charge in [-0.15, -0.1) is 0 Å². The summed E-state index contributed by atoms with van der Waals surface area (Å²) in [5.41, 5.74) is 10.2. The minimum absolute atomic E-state index is 0.0563. The minimum atomic E-state index is 0.0563. The van der Waals surface area contributed by atoms with Crippen LogP contribution in [-0.2, 0) is 21.4 Å². The van der Waals surface area contributed by atoms with Gasteiger partial charge in [-0.25, -0.2) is 0 Å². The lowest BCUT2D eigenvalue weighted by atomic mass is 9.43. The summed E-state index contributed by atoms with van der Waals surface area (Å²) in [4.78, 5) is 13.6. The van der Waals surface area contributed by atoms with Gasteiger partial charge in [0.25, 0.3) is 0 Å². The monoisotopic (exact) mass is 796 g/mol. The van der Waals surface area contributed by atoms with Crippen LogP contribution in [0.15, 0.2) is 70.0 Å². The van der Waals surface area contributed by atoms with E-state index in [1.807, 2.05) is 0 Å². The van der Waals surface area contributed by atoms with Crippen molar-refractivity contribution in [2.24, 2.45) is 165 Å². The van der Waals surface area contributed by atoms with Crippen molar-refractivity contribution in [1.82, 2.24) is 0 Å². The molecule has 0 aliphatic heterocycles. The zero-order valence-electron chi connectivity index (χ0n) is 34.5. The predicted octanol–water partition coefficient (Wildman–Crippen LogP) is 10.8. The predicted molar refractivity (Wildman–Crippen MR) is 225 cm³/mol. The highest BCUT2D eigenvalue weighted by molar-refractivity contribution is 7.07. The third-order valence-electron chi connectivity index (χ3n) is 26.2. The van der Waals surface area contributed by atoms with Crippen LogP contribution in [-0.4, -0.2) is 12.6 Å². The highest BCUT2D eigenvalue weighted by Gasteiger charge is 2.94. The maximum atomic E-state index is 13.6. The van der Waals surface area contributed by atoms with Crippen LogP contribution in [0.25, 0.3) is 0 Å². The Bertz CT molecular complexity index is 2390. The van der Waals surface area contributed by atoms with Gasteiger partial charge in [-0.3, -0.25) is 4.79 Å². The molecule has 1 heterocycles. The standard InChI is InChI=1S/C56H60O2S/c57-32(58-11-8-22-9-12-59-21-22)7-4-10-55(30-5-2-1-3-6-30)54-31-19-28-17-25-15-26-14-23-13-24-16-27-18-29-20-56(54,55)53-39(29)44-38(27)43-34(24)33(23)41-37(26)42-35(25)36(28)45-40(31)52(53)51-49(44)47(43)46(41)48(42)50(45)51/h1-3,5-6,9,12,18,21,24-26,28-29,31,34-54H,4,7-8,10-11,13-17,19-20H2. The van der Waals surface area contributed by atoms with E-state index in [1.54, 1.807) is 42.6 Å². The van der Waals surface area contributed by atoms with E-state index in [9.17, 15) is 4.79 Å². The summed E-state index contributed by atoms with van der Waals surface area (Å²) in [6.07, 6.45) is 17.8. The summed E-state index contributed by atoms with van der Waals surface area (Å²) in [6.45, 7) is 0.531. The van der Waals surface area contributed by atoms with E-state index in [0.717, 1.165) is 173 Å². The topological polar surface area (TPSA) is 26.3 Å². The first-order chi connectivity index (χ1) is 29.2. The summed E-state index contributed by atoms with van der Waals surface area (Å²) in [5.74, 6) is 28.2. The maximum Gasteiger partial charge on any atom is 0.305 e. The second-order valence-electron chi connectivity index (χ2n) is 25.8. The van der Waals surface area contributed by atoms with Crippen molar-refractivity contribution in [2.75, 3.05) is 6.61 Å². The van der Waals surface area contributed by atoms with Gasteiger partial charge in [0.15, 0.2) is 0 Å². The number of carbonyl (C=O) groups is 1. The van der Waals surface area contributed by atoms with Crippen LogP contribution in [0.4, 0.5) is 0 Å². The van der Waals surface area contributed by atoms with Gasteiger partial charge < -0.3 is 4.74 Å². The van der Waals surface area contributed by atoms with Crippen molar-refractivity contribution in [1.29, 1.82) is 0 Å². The number of hydrogen-bond acceptors (Lipinski definition) is 3. The number of hydrogen-bond donors (Lipinski definition) is 0. The van der Waals surface area contributed by atoms with Gasteiger partial charge in [-0.1, -0.05) is 53.1 Å². The average Bonchev–Trinajstić information content (AvgIpc) is 4.03. The molecule has 0 N–H and O–H groups in total. The molecule has 59 heavy (non-hydrogen) atoms. The molecule has 2 aromatic rings. The highest BCUT2D eigenvalue weighted by atomic mass is 32.1. The Morgan fingerprint density at radius 2 is 1.46 bits per heavy atom. The van der Waals surface area contributed by atoms with Crippen LogP contribution in [0.5, 0.6) is 0 Å². The number of ether oxygens (including phenoxy) is 1. The summed E-state index contributed by atoms with van der Waals surface area (Å²) >= 11 is 1.74. The van der Waals surface area contributed by atoms with E-state index < -0.39 is 0 Å². The van der Waals surface area contributed by atoms with Gasteiger partial charge in [0.05, 0.1) is 6.61 Å². The number of fused-ring (bicyclic) bond motifs is 1. The number of rotatable bonds is 8. The smallest absolute Gasteiger partial charge is 0.305 e. The van der Waals surface area contributed by atoms with Crippen LogP contribution in [0, 0.1) is 165 Å². The molecule has 14 fully saturated rings. The van der Waals surface area contributed by atoms with Gasteiger partial charge in [-0.05, 0) is 251 Å². The second kappa shape index (κ2) is 9.67. The number of esters is 1. The Kier molecular flexibility index (Phi) is 5.19. The number of allylic oxidation sites excluding steroid dienone is 4. The van der Waals surface area contributed by atoms with E-state index in [4.69, 9.17) is 4.74 Å². The van der Waals surface area contributed by atoms with Crippen LogP contribution < -0.4 is 0 Å². The summed E-state index contributed by atoms with van der Waals surface area (Å²) < 4.78 is 5.99. The van der Waals surface area contributed by atoms with Gasteiger partial charge in [0, 0.05) is 18.3 Å². The van der Waals surface area contributed by atoms with E-state index >= 15 is 0 Å². The first kappa shape index (κ1) is 31.7. The molecule has 17 aliphatic carbocycles. The van der Waals surface area contributed by atoms with E-state index in [2.05, 4.69) is 70.0 Å². The van der Waals surface area contributed by atoms with E-state index in [-0.39, 0.29) is 11.4 Å². The summed E-state index contributed by atoms with van der Waals surface area (Å²) in [7, 11) is 0. The van der Waals surface area contributed by atoms with Crippen molar-refractivity contribution >= 4 is 17.3 Å². The maximum absolute atomic E-state index is 13.6. The fraction of sp³-hybridized carbons (Fsp3) is 0.732. The molecule has 19 rings (SSSR count). The van der Waals surface area contributed by atoms with Gasteiger partial charge >= 0.3 is 5.97 Å². The van der Waals surface area contributed by atoms with E-state index in [0.29, 0.717) is 18.4 Å². The van der Waals surface area contributed by atoms with Crippen LogP contribution >= 0.6 is 11.3 Å². The van der Waals surface area contributed by atoms with Crippen molar-refractivity contribution in [3.05, 3.63) is 81.1 Å². The summed E-state index contributed by atoms with van der Waals surface area (Å²) in [5, 5.41) is 4.34. The van der Waals surface area contributed by atoms with Crippen molar-refractivity contribution in [3.8, 4) is 0 Å². The lowest BCUT2D eigenvalue weighted by Gasteiger charge is -2.61. The first-order valence-electron chi connectivity index (χ1n) is 25.8. The Morgan fingerprint density at radius 3 is 2.34 bits per heavy atom. The average molecular weight is 797 g/mol. The SMILES string of the molecule is O=C(CCCC1(c2ccccc2)C2C3CC4CC5CC6CC7=C8C9C(CC%10=CC%11CC21C1C%11C2C%10C9C9C%10C8C6C6C5C4C4C3C1C(C29)C4C%106)C7)OCCc1ccsc1. The molecule has 29 atom stereocenters. The molecule has 3 heteroatoms. The highest BCUT2D eigenvalue weighted by Crippen LogP contribution is 2.98. The van der Waals surface area contributed by atoms with Crippen molar-refractivity contribution in [2.45, 2.75) is 76.0 Å². The molecular weight excluding hydrogens is 737 g/mol. The van der Waals surface area contributed by atoms with Crippen LogP contribution in [0.3, 0.4) is 0 Å².